The lowest BCUT2D eigenvalue weighted by Crippen LogP contribution is -2.32. The van der Waals surface area contributed by atoms with Crippen LogP contribution in [-0.4, -0.2) is 43.8 Å². The first kappa shape index (κ1) is 14.7. The lowest BCUT2D eigenvalue weighted by atomic mass is 10.4. The molecule has 0 atom stereocenters. The number of carbonyl (C=O) groups is 1. The van der Waals surface area contributed by atoms with E-state index >= 15 is 0 Å². The number of thiazole rings is 1. The number of hydrogen-bond acceptors (Lipinski definition) is 5. The topological polar surface area (TPSA) is 79.4 Å². The van der Waals surface area contributed by atoms with E-state index in [1.807, 2.05) is 0 Å². The molecular weight excluding hydrogens is 310 g/mol. The summed E-state index contributed by atoms with van der Waals surface area (Å²) in [5, 5.41) is 0. The summed E-state index contributed by atoms with van der Waals surface area (Å²) in [7, 11) is -3.61. The number of hydrogen-bond donors (Lipinski definition) is 1. The highest BCUT2D eigenvalue weighted by atomic mass is 35.5. The Morgan fingerprint density at radius 2 is 2.16 bits per heavy atom. The van der Waals surface area contributed by atoms with Crippen molar-refractivity contribution in [1.82, 2.24) is 14.6 Å². The van der Waals surface area contributed by atoms with Gasteiger partial charge in [-0.05, 0) is 12.8 Å². The van der Waals surface area contributed by atoms with Crippen LogP contribution in [0.5, 0.6) is 0 Å². The average Bonchev–Trinajstić information content (AvgIpc) is 2.99. The molecule has 6 nitrogen and oxygen atoms in total. The molecule has 0 unspecified atom stereocenters. The van der Waals surface area contributed by atoms with Crippen LogP contribution >= 0.6 is 22.9 Å². The van der Waals surface area contributed by atoms with E-state index in [4.69, 9.17) is 11.6 Å². The van der Waals surface area contributed by atoms with E-state index in [0.29, 0.717) is 0 Å². The molecule has 1 aromatic heterocycles. The van der Waals surface area contributed by atoms with Crippen molar-refractivity contribution in [3.8, 4) is 0 Å². The summed E-state index contributed by atoms with van der Waals surface area (Å²) in [4.78, 5) is 17.2. The molecule has 19 heavy (non-hydrogen) atoms. The van der Waals surface area contributed by atoms with Gasteiger partial charge in [-0.25, -0.2) is 18.1 Å². The molecule has 0 bridgehead atoms. The molecule has 1 aliphatic heterocycles. The average molecular weight is 324 g/mol. The Morgan fingerprint density at radius 1 is 1.47 bits per heavy atom. The number of nitrogens with zero attached hydrogens (tertiary/aromatic N) is 2. The first-order valence-electron chi connectivity index (χ1n) is 5.88. The van der Waals surface area contributed by atoms with Gasteiger partial charge in [-0.15, -0.1) is 0 Å². The number of carbonyl (C=O) groups excluding carboxylic acids is 1. The highest BCUT2D eigenvalue weighted by Crippen LogP contribution is 2.22. The van der Waals surface area contributed by atoms with Gasteiger partial charge in [0, 0.05) is 26.1 Å². The summed E-state index contributed by atoms with van der Waals surface area (Å²) in [6, 6.07) is 0. The van der Waals surface area contributed by atoms with Gasteiger partial charge in [0.05, 0.1) is 6.20 Å². The first-order chi connectivity index (χ1) is 8.99. The fourth-order valence-electron chi connectivity index (χ4n) is 1.85. The normalized spacial score (nSPS) is 15.9. The SMILES string of the molecule is O=C(CCNS(=O)(=O)c1cnc(Cl)s1)N1CCCC1. The summed E-state index contributed by atoms with van der Waals surface area (Å²) >= 11 is 6.48. The summed E-state index contributed by atoms with van der Waals surface area (Å²) in [5.41, 5.74) is 0. The molecule has 1 aliphatic rings. The van der Waals surface area contributed by atoms with Crippen LogP contribution in [-0.2, 0) is 14.8 Å². The molecule has 2 rings (SSSR count). The van der Waals surface area contributed by atoms with E-state index in [9.17, 15) is 13.2 Å². The van der Waals surface area contributed by atoms with E-state index in [1.54, 1.807) is 4.90 Å². The minimum Gasteiger partial charge on any atom is -0.343 e. The number of halogens is 1. The number of rotatable bonds is 5. The Labute approximate surface area is 120 Å². The Kier molecular flexibility index (Phi) is 4.77. The largest absolute Gasteiger partial charge is 0.343 e. The van der Waals surface area contributed by atoms with Gasteiger partial charge in [-0.2, -0.15) is 0 Å². The van der Waals surface area contributed by atoms with Crippen LogP contribution in [0.4, 0.5) is 0 Å². The van der Waals surface area contributed by atoms with E-state index in [1.165, 1.54) is 6.20 Å². The van der Waals surface area contributed by atoms with Crippen molar-refractivity contribution in [1.29, 1.82) is 0 Å². The van der Waals surface area contributed by atoms with Gasteiger partial charge in [0.15, 0.2) is 8.68 Å². The summed E-state index contributed by atoms with van der Waals surface area (Å²) in [5.74, 6) is -0.0115. The summed E-state index contributed by atoms with van der Waals surface area (Å²) in [6.45, 7) is 1.64. The smallest absolute Gasteiger partial charge is 0.251 e. The predicted octanol–water partition coefficient (Wildman–Crippen LogP) is 1.09. The van der Waals surface area contributed by atoms with Crippen LogP contribution in [0.3, 0.4) is 0 Å². The molecule has 1 saturated heterocycles. The second-order valence-electron chi connectivity index (χ2n) is 4.17. The molecule has 1 amide bonds. The maximum absolute atomic E-state index is 11.8. The standard InChI is InChI=1S/C10H14ClN3O3S2/c11-10-12-7-9(18-10)19(16,17)13-4-3-8(15)14-5-1-2-6-14/h7,13H,1-6H2. The van der Waals surface area contributed by atoms with E-state index in [2.05, 4.69) is 9.71 Å². The molecule has 0 spiro atoms. The molecule has 1 fully saturated rings. The number of amides is 1. The van der Waals surface area contributed by atoms with Crippen molar-refractivity contribution < 1.29 is 13.2 Å². The minimum atomic E-state index is -3.61. The van der Waals surface area contributed by atoms with Crippen molar-refractivity contribution in [2.45, 2.75) is 23.5 Å². The number of aromatic nitrogens is 1. The highest BCUT2D eigenvalue weighted by molar-refractivity contribution is 7.91. The van der Waals surface area contributed by atoms with Crippen LogP contribution in [0.25, 0.3) is 0 Å². The maximum Gasteiger partial charge on any atom is 0.251 e. The minimum absolute atomic E-state index is 0.0115. The fourth-order valence-corrected chi connectivity index (χ4v) is 4.22. The second-order valence-corrected chi connectivity index (χ2v) is 7.77. The van der Waals surface area contributed by atoms with Crippen molar-refractivity contribution in [2.24, 2.45) is 0 Å². The van der Waals surface area contributed by atoms with Crippen molar-refractivity contribution in [3.63, 3.8) is 0 Å². The van der Waals surface area contributed by atoms with Crippen LogP contribution in [0.2, 0.25) is 4.47 Å². The Balaban J connectivity index is 1.83. The third-order valence-electron chi connectivity index (χ3n) is 2.81. The zero-order chi connectivity index (χ0) is 13.9. The zero-order valence-corrected chi connectivity index (χ0v) is 12.5. The Morgan fingerprint density at radius 3 is 2.74 bits per heavy atom. The van der Waals surface area contributed by atoms with Gasteiger partial charge in [-0.1, -0.05) is 22.9 Å². The molecule has 1 N–H and O–H groups in total. The number of likely N-dealkylation sites (tertiary alicyclic amines) is 1. The molecule has 0 aromatic carbocycles. The van der Waals surface area contributed by atoms with E-state index in [-0.39, 0.29) is 27.5 Å². The molecule has 106 valence electrons. The lowest BCUT2D eigenvalue weighted by Gasteiger charge is -2.14. The van der Waals surface area contributed by atoms with Gasteiger partial charge in [-0.3, -0.25) is 4.79 Å². The van der Waals surface area contributed by atoms with Crippen LogP contribution in [0, 0.1) is 0 Å². The molecular formula is C10H14ClN3O3S2. The Bertz CT molecular complexity index is 552. The van der Waals surface area contributed by atoms with Gasteiger partial charge in [0.1, 0.15) is 0 Å². The molecule has 2 heterocycles. The van der Waals surface area contributed by atoms with Crippen LogP contribution in [0.15, 0.2) is 10.4 Å². The number of nitrogens with one attached hydrogen (secondary N) is 1. The van der Waals surface area contributed by atoms with Crippen molar-refractivity contribution >= 4 is 38.9 Å². The summed E-state index contributed by atoms with van der Waals surface area (Å²) in [6.07, 6.45) is 3.43. The highest BCUT2D eigenvalue weighted by Gasteiger charge is 2.20. The first-order valence-corrected chi connectivity index (χ1v) is 8.55. The van der Waals surface area contributed by atoms with Crippen LogP contribution in [0.1, 0.15) is 19.3 Å². The van der Waals surface area contributed by atoms with Crippen LogP contribution < -0.4 is 4.72 Å². The summed E-state index contributed by atoms with van der Waals surface area (Å²) < 4.78 is 26.3. The van der Waals surface area contributed by atoms with Crippen molar-refractivity contribution in [2.75, 3.05) is 19.6 Å². The van der Waals surface area contributed by atoms with Gasteiger partial charge in [0.2, 0.25) is 5.91 Å². The quantitative estimate of drug-likeness (QED) is 0.879. The third-order valence-corrected chi connectivity index (χ3v) is 5.85. The number of sulfonamides is 1. The molecule has 0 aliphatic carbocycles. The van der Waals surface area contributed by atoms with Crippen molar-refractivity contribution in [3.05, 3.63) is 10.7 Å². The molecule has 1 aromatic rings. The fraction of sp³-hybridized carbons (Fsp3) is 0.600. The molecule has 9 heteroatoms. The monoisotopic (exact) mass is 323 g/mol. The second kappa shape index (κ2) is 6.17. The third kappa shape index (κ3) is 3.88. The molecule has 0 saturated carbocycles. The maximum atomic E-state index is 11.8. The Hall–Kier alpha value is -0.700. The lowest BCUT2D eigenvalue weighted by molar-refractivity contribution is -0.129. The molecule has 0 radical (unpaired) electrons. The predicted molar refractivity (Wildman–Crippen MR) is 72.7 cm³/mol. The zero-order valence-electron chi connectivity index (χ0n) is 10.1. The van der Waals surface area contributed by atoms with E-state index < -0.39 is 10.0 Å². The van der Waals surface area contributed by atoms with Gasteiger partial charge in [0.25, 0.3) is 10.0 Å². The van der Waals surface area contributed by atoms with E-state index in [0.717, 1.165) is 37.3 Å². The van der Waals surface area contributed by atoms with Gasteiger partial charge < -0.3 is 4.90 Å². The van der Waals surface area contributed by atoms with Gasteiger partial charge >= 0.3 is 0 Å².